The van der Waals surface area contributed by atoms with Gasteiger partial charge in [-0.15, -0.1) is 0 Å². The van der Waals surface area contributed by atoms with E-state index in [4.69, 9.17) is 14.9 Å². The van der Waals surface area contributed by atoms with Gasteiger partial charge in [0.05, 0.1) is 12.7 Å². The molecular weight excluding hydrogens is 452 g/mol. The Hall–Kier alpha value is -3.26. The van der Waals surface area contributed by atoms with E-state index in [-0.39, 0.29) is 11.3 Å². The summed E-state index contributed by atoms with van der Waals surface area (Å²) in [4.78, 5) is 39.3. The quantitative estimate of drug-likeness (QED) is 0.671. The van der Waals surface area contributed by atoms with Gasteiger partial charge in [-0.1, -0.05) is 46.3 Å². The molecule has 0 saturated carbocycles. The minimum Gasteiger partial charge on any atom is -0.468 e. The van der Waals surface area contributed by atoms with Gasteiger partial charge in [0.2, 0.25) is 11.8 Å². The molecule has 0 bridgehead atoms. The molecule has 30 heavy (non-hydrogen) atoms. The zero-order chi connectivity index (χ0) is 21.6. The second-order valence-corrected chi connectivity index (χ2v) is 7.92. The topological polar surface area (TPSA) is 106 Å². The second-order valence-electron chi connectivity index (χ2n) is 7.00. The predicted molar refractivity (Wildman–Crippen MR) is 113 cm³/mol. The average Bonchev–Trinajstić information content (AvgIpc) is 2.99. The average molecular weight is 469 g/mol. The van der Waals surface area contributed by atoms with Crippen molar-refractivity contribution in [1.29, 1.82) is 5.41 Å². The fourth-order valence-corrected chi connectivity index (χ4v) is 4.56. The molecule has 2 aliphatic heterocycles. The summed E-state index contributed by atoms with van der Waals surface area (Å²) >= 11 is 3.40. The Morgan fingerprint density at radius 1 is 1.20 bits per heavy atom. The van der Waals surface area contributed by atoms with Gasteiger partial charge in [0.1, 0.15) is 11.2 Å². The SMILES string of the molecule is COC(=O)C1C(=N)OC(c2ccccc2)=C(C(C)=O)C12C(=O)Nc1ccc(Br)cc12. The minimum absolute atomic E-state index is 0.00875. The summed E-state index contributed by atoms with van der Waals surface area (Å²) < 4.78 is 11.3. The number of hydrogen-bond donors (Lipinski definition) is 2. The zero-order valence-electron chi connectivity index (χ0n) is 16.1. The molecule has 1 amide bonds. The molecule has 1 spiro atoms. The van der Waals surface area contributed by atoms with Crippen LogP contribution in [0, 0.1) is 11.3 Å². The Morgan fingerprint density at radius 2 is 1.90 bits per heavy atom. The summed E-state index contributed by atoms with van der Waals surface area (Å²) in [5.74, 6) is -3.71. The number of halogens is 1. The molecule has 2 N–H and O–H groups in total. The van der Waals surface area contributed by atoms with Crippen molar-refractivity contribution >= 4 is 50.9 Å². The van der Waals surface area contributed by atoms with Crippen molar-refractivity contribution in [3.05, 3.63) is 69.7 Å². The van der Waals surface area contributed by atoms with Crippen molar-refractivity contribution in [2.75, 3.05) is 12.4 Å². The summed E-state index contributed by atoms with van der Waals surface area (Å²) in [6.45, 7) is 1.32. The lowest BCUT2D eigenvalue weighted by molar-refractivity contribution is -0.147. The van der Waals surface area contributed by atoms with Gasteiger partial charge in [0.15, 0.2) is 11.7 Å². The predicted octanol–water partition coefficient (Wildman–Crippen LogP) is 3.44. The summed E-state index contributed by atoms with van der Waals surface area (Å²) in [5.41, 5.74) is -0.402. The fraction of sp³-hybridized carbons (Fsp3) is 0.182. The number of rotatable bonds is 3. The van der Waals surface area contributed by atoms with Gasteiger partial charge in [-0.3, -0.25) is 19.8 Å². The number of anilines is 1. The van der Waals surface area contributed by atoms with Crippen LogP contribution >= 0.6 is 15.9 Å². The molecule has 2 atom stereocenters. The van der Waals surface area contributed by atoms with Crippen LogP contribution in [0.3, 0.4) is 0 Å². The largest absolute Gasteiger partial charge is 0.468 e. The summed E-state index contributed by atoms with van der Waals surface area (Å²) in [6.07, 6.45) is 0. The van der Waals surface area contributed by atoms with Crippen molar-refractivity contribution in [2.24, 2.45) is 5.92 Å². The highest BCUT2D eigenvalue weighted by Gasteiger charge is 2.64. The van der Waals surface area contributed by atoms with E-state index in [0.29, 0.717) is 21.3 Å². The van der Waals surface area contributed by atoms with Crippen LogP contribution in [0.15, 0.2) is 58.6 Å². The number of ether oxygens (including phenoxy) is 2. The molecule has 8 heteroatoms. The maximum atomic E-state index is 13.5. The lowest BCUT2D eigenvalue weighted by Gasteiger charge is -2.40. The van der Waals surface area contributed by atoms with Crippen LogP contribution in [0.25, 0.3) is 5.76 Å². The van der Waals surface area contributed by atoms with E-state index in [1.807, 2.05) is 0 Å². The van der Waals surface area contributed by atoms with Crippen LogP contribution in [0.4, 0.5) is 5.69 Å². The molecule has 0 saturated heterocycles. The first-order valence-corrected chi connectivity index (χ1v) is 9.88. The number of ketones is 1. The molecule has 0 aromatic heterocycles. The van der Waals surface area contributed by atoms with Gasteiger partial charge in [-0.25, -0.2) is 0 Å². The van der Waals surface area contributed by atoms with Gasteiger partial charge in [0.25, 0.3) is 0 Å². The Balaban J connectivity index is 2.16. The maximum Gasteiger partial charge on any atom is 0.319 e. The third-order valence-electron chi connectivity index (χ3n) is 5.37. The van der Waals surface area contributed by atoms with Crippen molar-refractivity contribution in [3.8, 4) is 0 Å². The Bertz CT molecular complexity index is 1140. The zero-order valence-corrected chi connectivity index (χ0v) is 17.7. The van der Waals surface area contributed by atoms with Crippen LogP contribution in [0.2, 0.25) is 0 Å². The van der Waals surface area contributed by atoms with E-state index >= 15 is 0 Å². The van der Waals surface area contributed by atoms with Crippen LogP contribution in [0.5, 0.6) is 0 Å². The van der Waals surface area contributed by atoms with Crippen molar-refractivity contribution < 1.29 is 23.9 Å². The van der Waals surface area contributed by atoms with Gasteiger partial charge in [0, 0.05) is 15.7 Å². The van der Waals surface area contributed by atoms with Crippen LogP contribution in [-0.4, -0.2) is 30.7 Å². The third kappa shape index (κ3) is 2.71. The first-order chi connectivity index (χ1) is 14.3. The number of fused-ring (bicyclic) bond motifs is 2. The molecule has 0 radical (unpaired) electrons. The van der Waals surface area contributed by atoms with Crippen molar-refractivity contribution in [3.63, 3.8) is 0 Å². The van der Waals surface area contributed by atoms with E-state index in [0.717, 1.165) is 0 Å². The van der Waals surface area contributed by atoms with Gasteiger partial charge in [-0.2, -0.15) is 0 Å². The van der Waals surface area contributed by atoms with E-state index in [9.17, 15) is 14.4 Å². The van der Waals surface area contributed by atoms with Gasteiger partial charge in [-0.05, 0) is 30.7 Å². The fourth-order valence-electron chi connectivity index (χ4n) is 4.20. The third-order valence-corrected chi connectivity index (χ3v) is 5.86. The molecule has 2 heterocycles. The summed E-state index contributed by atoms with van der Waals surface area (Å²) in [6, 6.07) is 13.8. The number of carbonyl (C=O) groups is 3. The number of carbonyl (C=O) groups excluding carboxylic acids is 3. The smallest absolute Gasteiger partial charge is 0.319 e. The molecular formula is C22H17BrN2O5. The Morgan fingerprint density at radius 3 is 2.53 bits per heavy atom. The number of nitrogens with one attached hydrogen (secondary N) is 2. The number of hydrogen-bond acceptors (Lipinski definition) is 6. The number of Topliss-reactive ketones (excluding diaryl/α,β-unsaturated/α-hetero) is 1. The highest BCUT2D eigenvalue weighted by atomic mass is 79.9. The molecule has 0 fully saturated rings. The van der Waals surface area contributed by atoms with Crippen LogP contribution < -0.4 is 5.32 Å². The molecule has 0 aliphatic carbocycles. The van der Waals surface area contributed by atoms with Gasteiger partial charge >= 0.3 is 5.97 Å². The molecule has 7 nitrogen and oxygen atoms in total. The van der Waals surface area contributed by atoms with Gasteiger partial charge < -0.3 is 14.8 Å². The molecule has 2 aromatic rings. The summed E-state index contributed by atoms with van der Waals surface area (Å²) in [7, 11) is 1.17. The normalized spacial score (nSPS) is 22.4. The van der Waals surface area contributed by atoms with E-state index in [2.05, 4.69) is 21.2 Å². The van der Waals surface area contributed by atoms with E-state index in [1.54, 1.807) is 48.5 Å². The number of esters is 1. The maximum absolute atomic E-state index is 13.5. The molecule has 2 unspecified atom stereocenters. The number of amides is 1. The summed E-state index contributed by atoms with van der Waals surface area (Å²) in [5, 5.41) is 11.3. The van der Waals surface area contributed by atoms with Crippen LogP contribution in [-0.2, 0) is 29.3 Å². The molecule has 152 valence electrons. The first kappa shape index (κ1) is 20.0. The molecule has 4 rings (SSSR count). The monoisotopic (exact) mass is 468 g/mol. The number of methoxy groups -OCH3 is 1. The Labute approximate surface area is 180 Å². The first-order valence-electron chi connectivity index (χ1n) is 9.09. The van der Waals surface area contributed by atoms with Crippen molar-refractivity contribution in [2.45, 2.75) is 12.3 Å². The lowest BCUT2D eigenvalue weighted by Crippen LogP contribution is -2.55. The minimum atomic E-state index is -1.79. The highest BCUT2D eigenvalue weighted by molar-refractivity contribution is 9.10. The lowest BCUT2D eigenvalue weighted by atomic mass is 9.62. The molecule has 2 aliphatic rings. The second kappa shape index (κ2) is 7.21. The Kier molecular flexibility index (Phi) is 4.82. The van der Waals surface area contributed by atoms with Crippen LogP contribution in [0.1, 0.15) is 18.1 Å². The highest BCUT2D eigenvalue weighted by Crippen LogP contribution is 2.54. The standard InChI is InChI=1S/C22H17BrN2O5/c1-11(26)16-18(12-6-4-3-5-7-12)30-19(24)17(20(27)29-2)22(16)14-10-13(23)8-9-15(14)25-21(22)28/h3-10,17,24H,1-2H3,(H,25,28). The van der Waals surface area contributed by atoms with E-state index < -0.39 is 34.9 Å². The van der Waals surface area contributed by atoms with Crippen molar-refractivity contribution in [1.82, 2.24) is 0 Å². The molecule has 2 aromatic carbocycles. The number of benzene rings is 2. The van der Waals surface area contributed by atoms with E-state index in [1.165, 1.54) is 14.0 Å².